The van der Waals surface area contributed by atoms with Crippen LogP contribution in [0.5, 0.6) is 0 Å². The molecule has 0 saturated heterocycles. The van der Waals surface area contributed by atoms with Gasteiger partial charge in [0.2, 0.25) is 5.91 Å². The molecule has 0 bridgehead atoms. The molecule has 166 valence electrons. The van der Waals surface area contributed by atoms with Crippen molar-refractivity contribution < 1.29 is 13.2 Å². The average Bonchev–Trinajstić information content (AvgIpc) is 3.61. The van der Waals surface area contributed by atoms with E-state index in [4.69, 9.17) is 0 Å². The summed E-state index contributed by atoms with van der Waals surface area (Å²) in [7, 11) is -3.76. The average molecular weight is 459 g/mol. The van der Waals surface area contributed by atoms with Gasteiger partial charge in [0.05, 0.1) is 4.90 Å². The standard InChI is InChI=1S/C25H22N4O3S/c1-16-4-2-5-17-7-10-19(14-21(16)17)27-25(30)23-15-22(23)18-8-11-20(12-9-18)33(31,32)29-24-6-3-13-26-28-24/h2-14,22-23H,15H2,1H3,(H,27,30)(H,28,29)/t22?,23-/m1/s1. The van der Waals surface area contributed by atoms with Crippen LogP contribution in [-0.2, 0) is 14.8 Å². The minimum atomic E-state index is -3.76. The molecule has 1 aliphatic carbocycles. The van der Waals surface area contributed by atoms with Gasteiger partial charge in [0.25, 0.3) is 10.0 Å². The molecule has 2 N–H and O–H groups in total. The van der Waals surface area contributed by atoms with Gasteiger partial charge in [-0.25, -0.2) is 8.42 Å². The van der Waals surface area contributed by atoms with Gasteiger partial charge < -0.3 is 5.32 Å². The quantitative estimate of drug-likeness (QED) is 0.444. The van der Waals surface area contributed by atoms with E-state index in [2.05, 4.69) is 39.3 Å². The molecule has 3 aromatic carbocycles. The van der Waals surface area contributed by atoms with Crippen LogP contribution in [-0.4, -0.2) is 24.5 Å². The number of hydrogen-bond acceptors (Lipinski definition) is 5. The van der Waals surface area contributed by atoms with Crippen molar-refractivity contribution in [2.75, 3.05) is 10.0 Å². The zero-order valence-corrected chi connectivity index (χ0v) is 18.7. The van der Waals surface area contributed by atoms with Crippen LogP contribution in [0.2, 0.25) is 0 Å². The van der Waals surface area contributed by atoms with E-state index in [1.54, 1.807) is 30.3 Å². The molecule has 5 rings (SSSR count). The first-order valence-electron chi connectivity index (χ1n) is 10.6. The van der Waals surface area contributed by atoms with Crippen molar-refractivity contribution in [1.82, 2.24) is 10.2 Å². The van der Waals surface area contributed by atoms with Crippen molar-refractivity contribution >= 4 is 38.2 Å². The monoisotopic (exact) mass is 458 g/mol. The van der Waals surface area contributed by atoms with Crippen LogP contribution in [0.4, 0.5) is 11.5 Å². The lowest BCUT2D eigenvalue weighted by Gasteiger charge is -2.09. The van der Waals surface area contributed by atoms with Crippen molar-refractivity contribution in [3.05, 3.63) is 90.1 Å². The van der Waals surface area contributed by atoms with Crippen LogP contribution in [0, 0.1) is 12.8 Å². The normalized spacial score (nSPS) is 17.5. The van der Waals surface area contributed by atoms with Gasteiger partial charge in [0, 0.05) is 17.8 Å². The second-order valence-electron chi connectivity index (χ2n) is 8.23. The Bertz CT molecular complexity index is 1440. The van der Waals surface area contributed by atoms with Gasteiger partial charge in [-0.05, 0) is 77.6 Å². The Morgan fingerprint density at radius 2 is 1.82 bits per heavy atom. The number of rotatable bonds is 6. The summed E-state index contributed by atoms with van der Waals surface area (Å²) in [5, 5.41) is 12.7. The second kappa shape index (κ2) is 8.29. The first-order chi connectivity index (χ1) is 15.9. The third kappa shape index (κ3) is 4.42. The minimum absolute atomic E-state index is 0.0195. The molecule has 0 aliphatic heterocycles. The molecule has 1 amide bonds. The molecule has 1 saturated carbocycles. The highest BCUT2D eigenvalue weighted by Gasteiger charge is 2.44. The molecular formula is C25H22N4O3S. The maximum absolute atomic E-state index is 12.8. The van der Waals surface area contributed by atoms with Crippen molar-refractivity contribution in [3.63, 3.8) is 0 Å². The maximum Gasteiger partial charge on any atom is 0.263 e. The fraction of sp³-hybridized carbons (Fsp3) is 0.160. The van der Waals surface area contributed by atoms with Crippen LogP contribution in [0.1, 0.15) is 23.5 Å². The molecule has 8 heteroatoms. The topological polar surface area (TPSA) is 101 Å². The van der Waals surface area contributed by atoms with Crippen LogP contribution in [0.15, 0.2) is 83.9 Å². The number of carbonyl (C=O) groups excluding carboxylic acids is 1. The number of fused-ring (bicyclic) bond motifs is 1. The SMILES string of the molecule is Cc1cccc2ccc(NC(=O)[C@@H]3CC3c3ccc(S(=O)(=O)Nc4cccnn4)cc3)cc12. The van der Waals surface area contributed by atoms with Crippen LogP contribution >= 0.6 is 0 Å². The van der Waals surface area contributed by atoms with Crippen LogP contribution in [0.3, 0.4) is 0 Å². The summed E-state index contributed by atoms with van der Waals surface area (Å²) >= 11 is 0. The van der Waals surface area contributed by atoms with Gasteiger partial charge in [-0.2, -0.15) is 5.10 Å². The van der Waals surface area contributed by atoms with Gasteiger partial charge in [-0.1, -0.05) is 36.4 Å². The van der Waals surface area contributed by atoms with Crippen molar-refractivity contribution in [2.45, 2.75) is 24.2 Å². The Morgan fingerprint density at radius 3 is 2.58 bits per heavy atom. The van der Waals surface area contributed by atoms with Gasteiger partial charge in [0.15, 0.2) is 5.82 Å². The summed E-state index contributed by atoms with van der Waals surface area (Å²) in [6.45, 7) is 2.05. The van der Waals surface area contributed by atoms with Gasteiger partial charge in [-0.3, -0.25) is 9.52 Å². The molecule has 4 aromatic rings. The molecule has 1 unspecified atom stereocenters. The lowest BCUT2D eigenvalue weighted by Crippen LogP contribution is -2.15. The third-order valence-electron chi connectivity index (χ3n) is 5.92. The van der Waals surface area contributed by atoms with E-state index in [1.165, 1.54) is 12.3 Å². The smallest absolute Gasteiger partial charge is 0.263 e. The van der Waals surface area contributed by atoms with E-state index >= 15 is 0 Å². The zero-order valence-electron chi connectivity index (χ0n) is 17.9. The summed E-state index contributed by atoms with van der Waals surface area (Å²) in [4.78, 5) is 12.9. The molecule has 2 atom stereocenters. The second-order valence-corrected chi connectivity index (χ2v) is 9.91. The van der Waals surface area contributed by atoms with E-state index in [1.807, 2.05) is 24.3 Å². The lowest BCUT2D eigenvalue weighted by atomic mass is 10.0. The Kier molecular flexibility index (Phi) is 5.30. The first kappa shape index (κ1) is 21.1. The van der Waals surface area contributed by atoms with E-state index in [9.17, 15) is 13.2 Å². The largest absolute Gasteiger partial charge is 0.326 e. The van der Waals surface area contributed by atoms with Gasteiger partial charge in [0.1, 0.15) is 0 Å². The molecule has 1 aromatic heterocycles. The summed E-state index contributed by atoms with van der Waals surface area (Å²) in [6, 6.07) is 21.8. The van der Waals surface area contributed by atoms with E-state index in [0.717, 1.165) is 34.0 Å². The molecule has 1 aliphatic rings. The molecule has 33 heavy (non-hydrogen) atoms. The first-order valence-corrected chi connectivity index (χ1v) is 12.1. The molecular weight excluding hydrogens is 436 g/mol. The summed E-state index contributed by atoms with van der Waals surface area (Å²) in [5.74, 6) is 0.0907. The number of hydrogen-bond donors (Lipinski definition) is 2. The fourth-order valence-corrected chi connectivity index (χ4v) is 5.04. The van der Waals surface area contributed by atoms with Crippen molar-refractivity contribution in [3.8, 4) is 0 Å². The Labute approximate surface area is 191 Å². The predicted molar refractivity (Wildman–Crippen MR) is 127 cm³/mol. The van der Waals surface area contributed by atoms with Crippen molar-refractivity contribution in [2.24, 2.45) is 5.92 Å². The summed E-state index contributed by atoms with van der Waals surface area (Å²) in [6.07, 6.45) is 2.21. The van der Waals surface area contributed by atoms with E-state index < -0.39 is 10.0 Å². The molecule has 1 heterocycles. The molecule has 0 spiro atoms. The lowest BCUT2D eigenvalue weighted by molar-refractivity contribution is -0.117. The van der Waals surface area contributed by atoms with Crippen LogP contribution < -0.4 is 10.0 Å². The number of sulfonamides is 1. The number of anilines is 2. The summed E-state index contributed by atoms with van der Waals surface area (Å²) in [5.41, 5.74) is 2.89. The summed E-state index contributed by atoms with van der Waals surface area (Å²) < 4.78 is 27.5. The minimum Gasteiger partial charge on any atom is -0.326 e. The molecule has 1 fully saturated rings. The number of carbonyl (C=O) groups is 1. The van der Waals surface area contributed by atoms with E-state index in [0.29, 0.717) is 0 Å². The van der Waals surface area contributed by atoms with Crippen molar-refractivity contribution in [1.29, 1.82) is 0 Å². The molecule has 0 radical (unpaired) electrons. The number of amides is 1. The van der Waals surface area contributed by atoms with Gasteiger partial charge in [-0.15, -0.1) is 5.10 Å². The zero-order chi connectivity index (χ0) is 23.0. The Morgan fingerprint density at radius 1 is 1.00 bits per heavy atom. The van der Waals surface area contributed by atoms with Crippen LogP contribution in [0.25, 0.3) is 10.8 Å². The number of benzene rings is 3. The van der Waals surface area contributed by atoms with E-state index in [-0.39, 0.29) is 28.5 Å². The Balaban J connectivity index is 1.25. The highest BCUT2D eigenvalue weighted by atomic mass is 32.2. The third-order valence-corrected chi connectivity index (χ3v) is 7.30. The molecule has 7 nitrogen and oxygen atoms in total. The highest BCUT2D eigenvalue weighted by Crippen LogP contribution is 2.48. The van der Waals surface area contributed by atoms with Gasteiger partial charge >= 0.3 is 0 Å². The predicted octanol–water partition coefficient (Wildman–Crippen LogP) is 4.48. The number of nitrogens with zero attached hydrogens (tertiary/aromatic N) is 2. The number of aromatic nitrogens is 2. The Hall–Kier alpha value is -3.78. The maximum atomic E-state index is 12.8. The number of nitrogens with one attached hydrogen (secondary N) is 2. The highest BCUT2D eigenvalue weighted by molar-refractivity contribution is 7.92. The number of aryl methyl sites for hydroxylation is 1. The fourth-order valence-electron chi connectivity index (χ4n) is 4.04.